The van der Waals surface area contributed by atoms with Crippen molar-refractivity contribution in [2.24, 2.45) is 0 Å². The Morgan fingerprint density at radius 2 is 2.26 bits per heavy atom. The summed E-state index contributed by atoms with van der Waals surface area (Å²) in [5, 5.41) is 12.1. The first-order valence-corrected chi connectivity index (χ1v) is 6.55. The standard InChI is InChI=1S/C12H14ClN5O/c1-7(2)18-12(8(13)6-14-18)9-5-10-15-11(19)3-4-17(10)16-9/h5-7H,3-4H2,1-2H3,(H,15,19). The highest BCUT2D eigenvalue weighted by molar-refractivity contribution is 6.32. The fourth-order valence-corrected chi connectivity index (χ4v) is 2.42. The van der Waals surface area contributed by atoms with Gasteiger partial charge in [0.1, 0.15) is 17.2 Å². The Morgan fingerprint density at radius 1 is 1.47 bits per heavy atom. The molecule has 0 unspecified atom stereocenters. The highest BCUT2D eigenvalue weighted by atomic mass is 35.5. The van der Waals surface area contributed by atoms with Gasteiger partial charge in [-0.2, -0.15) is 10.2 Å². The molecule has 1 N–H and O–H groups in total. The van der Waals surface area contributed by atoms with Crippen LogP contribution in [0.15, 0.2) is 12.3 Å². The van der Waals surface area contributed by atoms with E-state index >= 15 is 0 Å². The summed E-state index contributed by atoms with van der Waals surface area (Å²) in [5.41, 5.74) is 1.52. The predicted molar refractivity (Wildman–Crippen MR) is 72.1 cm³/mol. The van der Waals surface area contributed by atoms with Crippen molar-refractivity contribution in [3.8, 4) is 11.4 Å². The molecule has 0 fully saturated rings. The van der Waals surface area contributed by atoms with Crippen LogP contribution in [-0.2, 0) is 11.3 Å². The Bertz CT molecular complexity index is 643. The number of nitrogens with zero attached hydrogens (tertiary/aromatic N) is 4. The zero-order valence-corrected chi connectivity index (χ0v) is 11.5. The monoisotopic (exact) mass is 279 g/mol. The van der Waals surface area contributed by atoms with Gasteiger partial charge in [-0.05, 0) is 13.8 Å². The molecule has 7 heteroatoms. The number of carbonyl (C=O) groups excluding carboxylic acids is 1. The lowest BCUT2D eigenvalue weighted by atomic mass is 10.2. The number of anilines is 1. The summed E-state index contributed by atoms with van der Waals surface area (Å²) in [7, 11) is 0. The quantitative estimate of drug-likeness (QED) is 0.917. The number of aryl methyl sites for hydroxylation is 1. The summed E-state index contributed by atoms with van der Waals surface area (Å²) >= 11 is 6.20. The zero-order chi connectivity index (χ0) is 13.6. The molecule has 2 aromatic rings. The molecule has 3 heterocycles. The molecule has 19 heavy (non-hydrogen) atoms. The number of halogens is 1. The second kappa shape index (κ2) is 4.38. The lowest BCUT2D eigenvalue weighted by molar-refractivity contribution is -0.116. The van der Waals surface area contributed by atoms with Crippen LogP contribution < -0.4 is 5.32 Å². The first-order valence-electron chi connectivity index (χ1n) is 6.17. The van der Waals surface area contributed by atoms with Crippen molar-refractivity contribution in [2.75, 3.05) is 5.32 Å². The van der Waals surface area contributed by atoms with Crippen LogP contribution in [-0.4, -0.2) is 25.5 Å². The summed E-state index contributed by atoms with van der Waals surface area (Å²) in [6, 6.07) is 2.02. The van der Waals surface area contributed by atoms with Gasteiger partial charge in [-0.25, -0.2) is 4.68 Å². The molecule has 3 rings (SSSR count). The van der Waals surface area contributed by atoms with E-state index < -0.39 is 0 Å². The summed E-state index contributed by atoms with van der Waals surface area (Å²) in [6.45, 7) is 4.66. The molecule has 2 aromatic heterocycles. The number of hydrogen-bond donors (Lipinski definition) is 1. The minimum absolute atomic E-state index is 0.0161. The minimum Gasteiger partial charge on any atom is -0.311 e. The van der Waals surface area contributed by atoms with Crippen LogP contribution >= 0.6 is 11.6 Å². The molecule has 0 atom stereocenters. The first-order chi connectivity index (χ1) is 9.06. The molecular weight excluding hydrogens is 266 g/mol. The third-order valence-electron chi connectivity index (χ3n) is 3.08. The summed E-state index contributed by atoms with van der Waals surface area (Å²) in [6.07, 6.45) is 2.07. The van der Waals surface area contributed by atoms with Gasteiger partial charge in [0, 0.05) is 18.5 Å². The molecule has 1 aliphatic rings. The molecule has 0 aliphatic carbocycles. The summed E-state index contributed by atoms with van der Waals surface area (Å²) in [5.74, 6) is 0.723. The maximum absolute atomic E-state index is 11.4. The van der Waals surface area contributed by atoms with Gasteiger partial charge in [0.25, 0.3) is 0 Å². The van der Waals surface area contributed by atoms with Crippen LogP contribution in [0.3, 0.4) is 0 Å². The minimum atomic E-state index is 0.0161. The number of aromatic nitrogens is 4. The number of rotatable bonds is 2. The Hall–Kier alpha value is -1.82. The van der Waals surface area contributed by atoms with Gasteiger partial charge in [0.15, 0.2) is 0 Å². The van der Waals surface area contributed by atoms with E-state index in [4.69, 9.17) is 11.6 Å². The van der Waals surface area contributed by atoms with Crippen LogP contribution in [0.5, 0.6) is 0 Å². The van der Waals surface area contributed by atoms with E-state index in [2.05, 4.69) is 15.5 Å². The van der Waals surface area contributed by atoms with Gasteiger partial charge in [0.05, 0.1) is 17.8 Å². The molecule has 0 saturated heterocycles. The molecule has 0 spiro atoms. The molecule has 0 radical (unpaired) electrons. The fourth-order valence-electron chi connectivity index (χ4n) is 2.19. The van der Waals surface area contributed by atoms with Gasteiger partial charge in [0.2, 0.25) is 5.91 Å². The molecule has 100 valence electrons. The van der Waals surface area contributed by atoms with Gasteiger partial charge in [-0.1, -0.05) is 11.6 Å². The molecule has 0 bridgehead atoms. The number of carbonyl (C=O) groups is 1. The van der Waals surface area contributed by atoms with Crippen LogP contribution in [0.25, 0.3) is 11.4 Å². The molecule has 1 aliphatic heterocycles. The Labute approximate surface area is 115 Å². The Kier molecular flexibility index (Phi) is 2.82. The first kappa shape index (κ1) is 12.2. The predicted octanol–water partition coefficient (Wildman–Crippen LogP) is 2.32. The average molecular weight is 280 g/mol. The molecule has 1 amide bonds. The van der Waals surface area contributed by atoms with E-state index in [1.807, 2.05) is 24.6 Å². The largest absolute Gasteiger partial charge is 0.311 e. The van der Waals surface area contributed by atoms with Gasteiger partial charge in [-0.15, -0.1) is 0 Å². The van der Waals surface area contributed by atoms with E-state index in [9.17, 15) is 4.79 Å². The fraction of sp³-hybridized carbons (Fsp3) is 0.417. The highest BCUT2D eigenvalue weighted by Gasteiger charge is 2.21. The molecule has 6 nitrogen and oxygen atoms in total. The van der Waals surface area contributed by atoms with Crippen molar-refractivity contribution in [1.82, 2.24) is 19.6 Å². The van der Waals surface area contributed by atoms with Crippen molar-refractivity contribution in [1.29, 1.82) is 0 Å². The average Bonchev–Trinajstić information content (AvgIpc) is 2.91. The van der Waals surface area contributed by atoms with Crippen molar-refractivity contribution in [3.05, 3.63) is 17.3 Å². The second-order valence-electron chi connectivity index (χ2n) is 4.82. The lowest BCUT2D eigenvalue weighted by Crippen LogP contribution is -2.23. The van der Waals surface area contributed by atoms with E-state index in [1.165, 1.54) is 0 Å². The van der Waals surface area contributed by atoms with E-state index in [0.29, 0.717) is 23.8 Å². The Balaban J connectivity index is 2.08. The SMILES string of the molecule is CC(C)n1ncc(Cl)c1-c1cc2n(n1)CCC(=O)N2. The van der Waals surface area contributed by atoms with E-state index in [1.54, 1.807) is 10.9 Å². The van der Waals surface area contributed by atoms with Crippen LogP contribution in [0, 0.1) is 0 Å². The van der Waals surface area contributed by atoms with Crippen molar-refractivity contribution < 1.29 is 4.79 Å². The van der Waals surface area contributed by atoms with Crippen molar-refractivity contribution >= 4 is 23.3 Å². The number of nitrogens with one attached hydrogen (secondary N) is 1. The van der Waals surface area contributed by atoms with Gasteiger partial charge in [-0.3, -0.25) is 9.48 Å². The molecular formula is C12H14ClN5O. The van der Waals surface area contributed by atoms with E-state index in [0.717, 1.165) is 11.4 Å². The smallest absolute Gasteiger partial charge is 0.227 e. The van der Waals surface area contributed by atoms with Crippen molar-refractivity contribution in [3.63, 3.8) is 0 Å². The normalized spacial score (nSPS) is 14.6. The number of hydrogen-bond acceptors (Lipinski definition) is 3. The number of amides is 1. The Morgan fingerprint density at radius 3 is 3.00 bits per heavy atom. The van der Waals surface area contributed by atoms with E-state index in [-0.39, 0.29) is 11.9 Å². The summed E-state index contributed by atoms with van der Waals surface area (Å²) < 4.78 is 3.61. The van der Waals surface area contributed by atoms with Crippen LogP contribution in [0.2, 0.25) is 5.02 Å². The summed E-state index contributed by atoms with van der Waals surface area (Å²) in [4.78, 5) is 11.4. The molecule has 0 aromatic carbocycles. The topological polar surface area (TPSA) is 64.7 Å². The maximum Gasteiger partial charge on any atom is 0.227 e. The van der Waals surface area contributed by atoms with Crippen LogP contribution in [0.1, 0.15) is 26.3 Å². The van der Waals surface area contributed by atoms with Gasteiger partial charge >= 0.3 is 0 Å². The lowest BCUT2D eigenvalue weighted by Gasteiger charge is -2.13. The van der Waals surface area contributed by atoms with Crippen molar-refractivity contribution in [2.45, 2.75) is 32.9 Å². The number of fused-ring (bicyclic) bond motifs is 1. The van der Waals surface area contributed by atoms with Gasteiger partial charge < -0.3 is 5.32 Å². The zero-order valence-electron chi connectivity index (χ0n) is 10.7. The molecule has 0 saturated carbocycles. The third kappa shape index (κ3) is 2.02. The second-order valence-corrected chi connectivity index (χ2v) is 5.22. The van der Waals surface area contributed by atoms with Crippen LogP contribution in [0.4, 0.5) is 5.82 Å². The third-order valence-corrected chi connectivity index (χ3v) is 3.36. The maximum atomic E-state index is 11.4. The highest BCUT2D eigenvalue weighted by Crippen LogP contribution is 2.31.